The van der Waals surface area contributed by atoms with E-state index in [0.717, 1.165) is 30.1 Å². The van der Waals surface area contributed by atoms with E-state index in [2.05, 4.69) is 32.0 Å². The van der Waals surface area contributed by atoms with Crippen molar-refractivity contribution in [2.24, 2.45) is 4.99 Å². The number of methoxy groups -OCH3 is 1. The normalized spacial score (nSPS) is 11.1. The van der Waals surface area contributed by atoms with E-state index in [0.29, 0.717) is 34.9 Å². The number of nitrogens with zero attached hydrogens (tertiary/aromatic N) is 6. The molecule has 0 saturated heterocycles. The van der Waals surface area contributed by atoms with Crippen molar-refractivity contribution >= 4 is 58.2 Å². The fourth-order valence-corrected chi connectivity index (χ4v) is 4.39. The second kappa shape index (κ2) is 15.3. The first-order valence-electron chi connectivity index (χ1n) is 14.3. The third-order valence-electron chi connectivity index (χ3n) is 6.90. The van der Waals surface area contributed by atoms with Crippen LogP contribution in [-0.2, 0) is 9.59 Å². The minimum atomic E-state index is -0.369. The number of carbonyl (C=O) groups is 2. The van der Waals surface area contributed by atoms with Crippen LogP contribution in [0.4, 0.5) is 40.2 Å². The first-order chi connectivity index (χ1) is 21.7. The summed E-state index contributed by atoms with van der Waals surface area (Å²) in [5.41, 5.74) is 4.61. The van der Waals surface area contributed by atoms with Crippen molar-refractivity contribution in [2.45, 2.75) is 6.92 Å². The molecule has 0 saturated carbocycles. The molecule has 3 aromatic carbocycles. The predicted octanol–water partition coefficient (Wildman–Crippen LogP) is 5.79. The molecule has 11 heteroatoms. The molecule has 2 N–H and O–H groups in total. The maximum atomic E-state index is 12.6. The van der Waals surface area contributed by atoms with E-state index in [1.54, 1.807) is 37.6 Å². The Balaban J connectivity index is 1.74. The summed E-state index contributed by atoms with van der Waals surface area (Å²) >= 11 is 0. The highest BCUT2D eigenvalue weighted by atomic mass is 16.5. The standard InChI is InChI=1S/C34H38N8O3/c1-7-32(44)37-26-14-11-15-28(20-26)42(23-43)33-30(36-24(2)25-12-9-8-10-13-25)22-35-34(39-33)38-29-17-16-27(21-31(29)45-6)41(5)19-18-40(3)4/h7-17,20-23H,1,18-19H2,2-6H3,(H,37,44)(H,35,38,39)/b36-24+. The highest BCUT2D eigenvalue weighted by Crippen LogP contribution is 2.35. The van der Waals surface area contributed by atoms with Crippen molar-refractivity contribution in [2.75, 3.05) is 61.8 Å². The van der Waals surface area contributed by atoms with Crippen LogP contribution in [0.15, 0.2) is 96.6 Å². The van der Waals surface area contributed by atoms with Gasteiger partial charge in [-0.3, -0.25) is 14.5 Å². The van der Waals surface area contributed by atoms with E-state index in [1.165, 1.54) is 11.0 Å². The molecule has 11 nitrogen and oxygen atoms in total. The van der Waals surface area contributed by atoms with Crippen molar-refractivity contribution in [3.8, 4) is 5.75 Å². The van der Waals surface area contributed by atoms with Crippen LogP contribution in [0.3, 0.4) is 0 Å². The van der Waals surface area contributed by atoms with Gasteiger partial charge in [0.2, 0.25) is 18.3 Å². The molecule has 0 fully saturated rings. The van der Waals surface area contributed by atoms with Crippen LogP contribution in [0.5, 0.6) is 5.75 Å². The van der Waals surface area contributed by atoms with Crippen LogP contribution >= 0.6 is 0 Å². The quantitative estimate of drug-likeness (QED) is 0.105. The van der Waals surface area contributed by atoms with Crippen molar-refractivity contribution in [3.05, 3.63) is 97.2 Å². The van der Waals surface area contributed by atoms with Crippen LogP contribution in [0.1, 0.15) is 12.5 Å². The molecule has 2 amide bonds. The Morgan fingerprint density at radius 1 is 1.00 bits per heavy atom. The van der Waals surface area contributed by atoms with Crippen LogP contribution in [-0.4, -0.2) is 74.2 Å². The van der Waals surface area contributed by atoms with E-state index in [9.17, 15) is 9.59 Å². The second-order valence-electron chi connectivity index (χ2n) is 10.4. The zero-order valence-corrected chi connectivity index (χ0v) is 26.2. The van der Waals surface area contributed by atoms with Crippen molar-refractivity contribution < 1.29 is 14.3 Å². The molecule has 0 aliphatic rings. The van der Waals surface area contributed by atoms with Gasteiger partial charge in [-0.05, 0) is 63.0 Å². The van der Waals surface area contributed by atoms with Gasteiger partial charge in [0.25, 0.3) is 0 Å². The Morgan fingerprint density at radius 3 is 2.47 bits per heavy atom. The van der Waals surface area contributed by atoms with Gasteiger partial charge < -0.3 is 25.2 Å². The van der Waals surface area contributed by atoms with E-state index < -0.39 is 0 Å². The van der Waals surface area contributed by atoms with Crippen LogP contribution in [0.25, 0.3) is 0 Å². The fraction of sp³-hybridized carbons (Fsp3) is 0.206. The van der Waals surface area contributed by atoms with E-state index in [4.69, 9.17) is 14.7 Å². The number of hydrogen-bond acceptors (Lipinski definition) is 9. The average molecular weight is 607 g/mol. The van der Waals surface area contributed by atoms with E-state index in [-0.39, 0.29) is 17.7 Å². The van der Waals surface area contributed by atoms with Crippen molar-refractivity contribution in [1.29, 1.82) is 0 Å². The van der Waals surface area contributed by atoms with Crippen molar-refractivity contribution in [1.82, 2.24) is 14.9 Å². The first kappa shape index (κ1) is 32.4. The van der Waals surface area contributed by atoms with E-state index >= 15 is 0 Å². The maximum absolute atomic E-state index is 12.6. The summed E-state index contributed by atoms with van der Waals surface area (Å²) in [4.78, 5) is 44.3. The lowest BCUT2D eigenvalue weighted by Crippen LogP contribution is -2.28. The molecule has 0 aliphatic heterocycles. The Bertz CT molecular complexity index is 1670. The summed E-state index contributed by atoms with van der Waals surface area (Å²) < 4.78 is 5.70. The Morgan fingerprint density at radius 2 is 1.78 bits per heavy atom. The maximum Gasteiger partial charge on any atom is 0.247 e. The van der Waals surface area contributed by atoms with Crippen LogP contribution < -0.4 is 25.2 Å². The molecule has 232 valence electrons. The molecule has 45 heavy (non-hydrogen) atoms. The molecule has 0 aliphatic carbocycles. The highest BCUT2D eigenvalue weighted by molar-refractivity contribution is 6.02. The number of rotatable bonds is 14. The Labute approximate surface area is 263 Å². The molecule has 1 heterocycles. The van der Waals surface area contributed by atoms with Crippen molar-refractivity contribution in [3.63, 3.8) is 0 Å². The number of carbonyl (C=O) groups excluding carboxylic acids is 2. The molecular formula is C34H38N8O3. The fourth-order valence-electron chi connectivity index (χ4n) is 4.39. The molecule has 0 radical (unpaired) electrons. The third-order valence-corrected chi connectivity index (χ3v) is 6.90. The van der Waals surface area contributed by atoms with Gasteiger partial charge >= 0.3 is 0 Å². The van der Waals surface area contributed by atoms with Crippen LogP contribution in [0, 0.1) is 0 Å². The minimum Gasteiger partial charge on any atom is -0.494 e. The molecule has 0 spiro atoms. The largest absolute Gasteiger partial charge is 0.494 e. The smallest absolute Gasteiger partial charge is 0.247 e. The lowest BCUT2D eigenvalue weighted by Gasteiger charge is -2.23. The molecule has 4 aromatic rings. The second-order valence-corrected chi connectivity index (χ2v) is 10.4. The first-order valence-corrected chi connectivity index (χ1v) is 14.3. The van der Waals surface area contributed by atoms with Crippen LogP contribution in [0.2, 0.25) is 0 Å². The number of nitrogens with one attached hydrogen (secondary N) is 2. The number of ether oxygens (including phenoxy) is 1. The third kappa shape index (κ3) is 8.52. The SMILES string of the molecule is C=CC(=O)Nc1cccc(N(C=O)c2nc(Nc3ccc(N(C)CCN(C)C)cc3OC)ncc2/N=C(\C)c2ccccc2)c1. The molecule has 4 rings (SSSR count). The van der Waals surface area contributed by atoms with Gasteiger partial charge in [0.05, 0.1) is 24.7 Å². The van der Waals surface area contributed by atoms with E-state index in [1.807, 2.05) is 76.6 Å². The van der Waals surface area contributed by atoms with Gasteiger partial charge in [0.15, 0.2) is 5.82 Å². The molecular weight excluding hydrogens is 568 g/mol. The van der Waals surface area contributed by atoms with Gasteiger partial charge in [0, 0.05) is 43.3 Å². The number of anilines is 6. The predicted molar refractivity (Wildman–Crippen MR) is 182 cm³/mol. The summed E-state index contributed by atoms with van der Waals surface area (Å²) in [6.07, 6.45) is 3.39. The molecule has 0 bridgehead atoms. The monoisotopic (exact) mass is 606 g/mol. The molecule has 0 atom stereocenters. The Kier molecular flexibility index (Phi) is 11.0. The Hall–Kier alpha value is -5.55. The minimum absolute atomic E-state index is 0.233. The zero-order chi connectivity index (χ0) is 32.3. The lowest BCUT2D eigenvalue weighted by molar-refractivity contribution is -0.112. The summed E-state index contributed by atoms with van der Waals surface area (Å²) in [7, 11) is 7.72. The number of likely N-dealkylation sites (N-methyl/N-ethyl adjacent to an activating group) is 2. The van der Waals surface area contributed by atoms with Gasteiger partial charge in [-0.1, -0.05) is 43.0 Å². The summed E-state index contributed by atoms with van der Waals surface area (Å²) in [5, 5.41) is 5.96. The van der Waals surface area contributed by atoms with Gasteiger partial charge in [-0.2, -0.15) is 4.98 Å². The number of hydrogen-bond donors (Lipinski definition) is 2. The number of benzene rings is 3. The molecule has 0 unspecified atom stereocenters. The lowest BCUT2D eigenvalue weighted by atomic mass is 10.1. The van der Waals surface area contributed by atoms with Gasteiger partial charge in [0.1, 0.15) is 11.4 Å². The summed E-state index contributed by atoms with van der Waals surface area (Å²) in [6, 6.07) is 22.4. The highest BCUT2D eigenvalue weighted by Gasteiger charge is 2.19. The number of aromatic nitrogens is 2. The zero-order valence-electron chi connectivity index (χ0n) is 26.2. The summed E-state index contributed by atoms with van der Waals surface area (Å²) in [5.74, 6) is 0.709. The summed E-state index contributed by atoms with van der Waals surface area (Å²) in [6.45, 7) is 7.13. The number of amides is 2. The van der Waals surface area contributed by atoms with Gasteiger partial charge in [-0.15, -0.1) is 0 Å². The number of aliphatic imine (C=N–C) groups is 1. The van der Waals surface area contributed by atoms with Gasteiger partial charge in [-0.25, -0.2) is 9.98 Å². The average Bonchev–Trinajstić information content (AvgIpc) is 3.05. The molecule has 1 aromatic heterocycles. The topological polar surface area (TPSA) is 115 Å².